The average Bonchev–Trinajstić information content (AvgIpc) is 2.69. The van der Waals surface area contributed by atoms with Crippen molar-refractivity contribution in [2.45, 2.75) is 12.5 Å². The van der Waals surface area contributed by atoms with Gasteiger partial charge in [-0.05, 0) is 11.6 Å². The number of fused-ring (bicyclic) bond motifs is 1. The highest BCUT2D eigenvalue weighted by Gasteiger charge is 2.25. The molecule has 0 fully saturated rings. The molecule has 0 aliphatic carbocycles. The molecule has 1 aromatic rings. The second-order valence-electron chi connectivity index (χ2n) is 3.79. The van der Waals surface area contributed by atoms with Crippen LogP contribution in [0.4, 0.5) is 5.69 Å². The normalized spacial score (nSPS) is 17.4. The van der Waals surface area contributed by atoms with Gasteiger partial charge in [0.25, 0.3) is 0 Å². The fourth-order valence-electron chi connectivity index (χ4n) is 1.76. The van der Waals surface area contributed by atoms with Gasteiger partial charge in [-0.15, -0.1) is 0 Å². The fraction of sp³-hybridized carbons (Fsp3) is 0.250. The van der Waals surface area contributed by atoms with E-state index >= 15 is 0 Å². The maximum atomic E-state index is 11.8. The summed E-state index contributed by atoms with van der Waals surface area (Å²) in [5.74, 6) is 0.0109. The van der Waals surface area contributed by atoms with Crippen molar-refractivity contribution in [3.63, 3.8) is 0 Å². The molecule has 3 nitrogen and oxygen atoms in total. The molecule has 0 saturated heterocycles. The fourth-order valence-corrected chi connectivity index (χ4v) is 1.90. The third-order valence-corrected chi connectivity index (χ3v) is 2.82. The first-order valence-corrected chi connectivity index (χ1v) is 5.91. The molecule has 2 N–H and O–H groups in total. The van der Waals surface area contributed by atoms with E-state index in [1.54, 1.807) is 0 Å². The van der Waals surface area contributed by atoms with Gasteiger partial charge in [0.05, 0.1) is 0 Å². The van der Waals surface area contributed by atoms with Crippen LogP contribution in [0, 0.1) is 0 Å². The Bertz CT molecular complexity index is 406. The first-order valence-electron chi connectivity index (χ1n) is 5.12. The van der Waals surface area contributed by atoms with Crippen LogP contribution in [0.3, 0.4) is 0 Å². The molecule has 0 spiro atoms. The molecule has 84 valence electrons. The van der Waals surface area contributed by atoms with E-state index in [0.717, 1.165) is 16.6 Å². The molecule has 2 rings (SSSR count). The molecule has 0 radical (unpaired) electrons. The number of carbonyl (C=O) groups excluding carboxylic acids is 1. The Balaban J connectivity index is 1.96. The van der Waals surface area contributed by atoms with Crippen LogP contribution in [0.1, 0.15) is 5.56 Å². The van der Waals surface area contributed by atoms with Crippen LogP contribution < -0.4 is 10.6 Å². The van der Waals surface area contributed by atoms with E-state index in [4.69, 9.17) is 0 Å². The minimum atomic E-state index is -0.163. The summed E-state index contributed by atoms with van der Waals surface area (Å²) < 4.78 is 0.774. The molecule has 16 heavy (non-hydrogen) atoms. The molecule has 1 aliphatic rings. The van der Waals surface area contributed by atoms with E-state index in [0.29, 0.717) is 6.54 Å². The van der Waals surface area contributed by atoms with Gasteiger partial charge in [-0.3, -0.25) is 4.79 Å². The van der Waals surface area contributed by atoms with Gasteiger partial charge >= 0.3 is 0 Å². The molecule has 0 saturated carbocycles. The van der Waals surface area contributed by atoms with Gasteiger partial charge in [0, 0.05) is 23.1 Å². The molecule has 1 amide bonds. The summed E-state index contributed by atoms with van der Waals surface area (Å²) in [6.07, 6.45) is 0.747. The number of amides is 1. The van der Waals surface area contributed by atoms with Crippen molar-refractivity contribution in [2.75, 3.05) is 11.9 Å². The van der Waals surface area contributed by atoms with Crippen LogP contribution in [0.5, 0.6) is 0 Å². The lowest BCUT2D eigenvalue weighted by Crippen LogP contribution is -2.38. The Morgan fingerprint density at radius 1 is 1.56 bits per heavy atom. The van der Waals surface area contributed by atoms with Crippen LogP contribution in [-0.4, -0.2) is 18.5 Å². The van der Waals surface area contributed by atoms with Gasteiger partial charge in [-0.1, -0.05) is 40.7 Å². The molecule has 4 heteroatoms. The number of carbonyl (C=O) groups is 1. The van der Waals surface area contributed by atoms with Crippen molar-refractivity contribution in [3.8, 4) is 0 Å². The number of benzene rings is 1. The van der Waals surface area contributed by atoms with E-state index in [2.05, 4.69) is 33.1 Å². The van der Waals surface area contributed by atoms with E-state index in [1.165, 1.54) is 5.56 Å². The largest absolute Gasteiger partial charge is 0.373 e. The quantitative estimate of drug-likeness (QED) is 0.890. The minimum Gasteiger partial charge on any atom is -0.373 e. The number of halogens is 1. The molecular weight excluding hydrogens is 268 g/mol. The number of nitrogens with one attached hydrogen (secondary N) is 2. The van der Waals surface area contributed by atoms with Crippen LogP contribution in [0.2, 0.25) is 0 Å². The van der Waals surface area contributed by atoms with Crippen molar-refractivity contribution in [3.05, 3.63) is 40.9 Å². The topological polar surface area (TPSA) is 41.1 Å². The molecule has 1 aliphatic heterocycles. The van der Waals surface area contributed by atoms with E-state index < -0.39 is 0 Å². The highest BCUT2D eigenvalue weighted by atomic mass is 79.9. The smallest absolute Gasteiger partial charge is 0.243 e. The first-order chi connectivity index (χ1) is 7.66. The number of hydrogen-bond donors (Lipinski definition) is 2. The van der Waals surface area contributed by atoms with E-state index in [-0.39, 0.29) is 11.9 Å². The van der Waals surface area contributed by atoms with Crippen molar-refractivity contribution in [2.24, 2.45) is 0 Å². The summed E-state index contributed by atoms with van der Waals surface area (Å²) in [7, 11) is 0. The van der Waals surface area contributed by atoms with Gasteiger partial charge in [0.15, 0.2) is 0 Å². The number of hydrogen-bond acceptors (Lipinski definition) is 2. The summed E-state index contributed by atoms with van der Waals surface area (Å²) in [5.41, 5.74) is 2.25. The van der Waals surface area contributed by atoms with Gasteiger partial charge in [-0.2, -0.15) is 0 Å². The molecule has 0 bridgehead atoms. The average molecular weight is 281 g/mol. The zero-order chi connectivity index (χ0) is 11.5. The van der Waals surface area contributed by atoms with Gasteiger partial charge in [0.1, 0.15) is 6.04 Å². The second kappa shape index (κ2) is 4.70. The SMILES string of the molecule is C=C(Br)CNC(=O)[C@@H]1Cc2ccccc2N1. The second-order valence-corrected chi connectivity index (χ2v) is 4.91. The van der Waals surface area contributed by atoms with Gasteiger partial charge in [-0.25, -0.2) is 0 Å². The predicted octanol–water partition coefficient (Wildman–Crippen LogP) is 2.05. The lowest BCUT2D eigenvalue weighted by molar-refractivity contribution is -0.121. The van der Waals surface area contributed by atoms with Crippen LogP contribution in [0.25, 0.3) is 0 Å². The maximum absolute atomic E-state index is 11.8. The first kappa shape index (κ1) is 11.2. The molecule has 0 aromatic heterocycles. The maximum Gasteiger partial charge on any atom is 0.243 e. The minimum absolute atomic E-state index is 0.0109. The molecular formula is C12H13BrN2O. The zero-order valence-corrected chi connectivity index (χ0v) is 10.4. The number of rotatable bonds is 3. The predicted molar refractivity (Wildman–Crippen MR) is 68.6 cm³/mol. The number of para-hydroxylation sites is 1. The zero-order valence-electron chi connectivity index (χ0n) is 8.79. The molecule has 1 heterocycles. The van der Waals surface area contributed by atoms with E-state index in [1.807, 2.05) is 24.3 Å². The summed E-state index contributed by atoms with van der Waals surface area (Å²) in [5, 5.41) is 6.01. The van der Waals surface area contributed by atoms with E-state index in [9.17, 15) is 4.79 Å². The molecule has 1 aromatic carbocycles. The van der Waals surface area contributed by atoms with Crippen LogP contribution in [-0.2, 0) is 11.2 Å². The van der Waals surface area contributed by atoms with Crippen molar-refractivity contribution >= 4 is 27.5 Å². The monoisotopic (exact) mass is 280 g/mol. The lowest BCUT2D eigenvalue weighted by Gasteiger charge is -2.11. The van der Waals surface area contributed by atoms with Gasteiger partial charge in [0.2, 0.25) is 5.91 Å². The Morgan fingerprint density at radius 3 is 3.00 bits per heavy atom. The van der Waals surface area contributed by atoms with Crippen molar-refractivity contribution in [1.82, 2.24) is 5.32 Å². The van der Waals surface area contributed by atoms with Gasteiger partial charge < -0.3 is 10.6 Å². The summed E-state index contributed by atoms with van der Waals surface area (Å²) in [4.78, 5) is 11.8. The molecule has 0 unspecified atom stereocenters. The summed E-state index contributed by atoms with van der Waals surface area (Å²) in [6, 6.07) is 7.82. The third-order valence-electron chi connectivity index (χ3n) is 2.54. The standard InChI is InChI=1S/C12H13BrN2O/c1-8(13)7-14-12(16)11-6-9-4-2-3-5-10(9)15-11/h2-5,11,15H,1,6-7H2,(H,14,16)/t11-/m0/s1. The lowest BCUT2D eigenvalue weighted by atomic mass is 10.1. The Morgan fingerprint density at radius 2 is 2.31 bits per heavy atom. The van der Waals surface area contributed by atoms with Crippen LogP contribution in [0.15, 0.2) is 35.3 Å². The number of anilines is 1. The Kier molecular flexibility index (Phi) is 3.29. The van der Waals surface area contributed by atoms with Crippen LogP contribution >= 0.6 is 15.9 Å². The summed E-state index contributed by atoms with van der Waals surface area (Å²) >= 11 is 3.21. The third kappa shape index (κ3) is 2.44. The highest BCUT2D eigenvalue weighted by molar-refractivity contribution is 9.11. The summed E-state index contributed by atoms with van der Waals surface area (Å²) in [6.45, 7) is 4.14. The highest BCUT2D eigenvalue weighted by Crippen LogP contribution is 2.24. The molecule has 1 atom stereocenters. The van der Waals surface area contributed by atoms with Crippen molar-refractivity contribution in [1.29, 1.82) is 0 Å². The Hall–Kier alpha value is -1.29. The Labute approximate surface area is 103 Å². The van der Waals surface area contributed by atoms with Crippen molar-refractivity contribution < 1.29 is 4.79 Å².